The predicted molar refractivity (Wildman–Crippen MR) is 127 cm³/mol. The quantitative estimate of drug-likeness (QED) is 0.437. The van der Waals surface area contributed by atoms with Crippen LogP contribution >= 0.6 is 0 Å². The van der Waals surface area contributed by atoms with Crippen LogP contribution in [0.2, 0.25) is 0 Å². The van der Waals surface area contributed by atoms with Crippen molar-refractivity contribution in [3.63, 3.8) is 0 Å². The van der Waals surface area contributed by atoms with Gasteiger partial charge in [0.25, 0.3) is 0 Å². The summed E-state index contributed by atoms with van der Waals surface area (Å²) < 4.78 is 5.40. The van der Waals surface area contributed by atoms with Crippen molar-refractivity contribution in [3.05, 3.63) is 70.9 Å². The van der Waals surface area contributed by atoms with E-state index in [1.807, 2.05) is 37.3 Å². The van der Waals surface area contributed by atoms with Gasteiger partial charge in [-0.1, -0.05) is 48.0 Å². The Morgan fingerprint density at radius 3 is 2.75 bits per heavy atom. The van der Waals surface area contributed by atoms with Gasteiger partial charge in [-0.2, -0.15) is 0 Å². The van der Waals surface area contributed by atoms with Crippen molar-refractivity contribution in [1.29, 1.82) is 5.41 Å². The Labute approximate surface area is 190 Å². The van der Waals surface area contributed by atoms with E-state index in [2.05, 4.69) is 28.5 Å². The van der Waals surface area contributed by atoms with Crippen LogP contribution in [0.1, 0.15) is 61.4 Å². The van der Waals surface area contributed by atoms with E-state index in [9.17, 15) is 4.79 Å². The van der Waals surface area contributed by atoms with Crippen molar-refractivity contribution < 1.29 is 9.53 Å². The van der Waals surface area contributed by atoms with Gasteiger partial charge in [-0.25, -0.2) is 4.98 Å². The van der Waals surface area contributed by atoms with Gasteiger partial charge in [0.1, 0.15) is 0 Å². The molecule has 1 heterocycles. The molecule has 0 saturated heterocycles. The molecule has 2 aromatic rings. The highest BCUT2D eigenvalue weighted by Crippen LogP contribution is 2.59. The van der Waals surface area contributed by atoms with Crippen molar-refractivity contribution in [2.45, 2.75) is 57.9 Å². The molecule has 0 radical (unpaired) electrons. The normalized spacial score (nSPS) is 20.1. The minimum absolute atomic E-state index is 0.0220. The summed E-state index contributed by atoms with van der Waals surface area (Å²) in [5, 5.41) is 10.8. The number of aryl methyl sites for hydroxylation is 1. The molecule has 1 aromatic heterocycles. The van der Waals surface area contributed by atoms with Crippen molar-refractivity contribution in [2.75, 3.05) is 7.11 Å². The summed E-state index contributed by atoms with van der Waals surface area (Å²) in [5.41, 5.74) is 4.58. The second-order valence-electron chi connectivity index (χ2n) is 9.25. The zero-order chi connectivity index (χ0) is 22.6. The van der Waals surface area contributed by atoms with Gasteiger partial charge in [-0.05, 0) is 62.3 Å². The van der Waals surface area contributed by atoms with Crippen molar-refractivity contribution >= 4 is 12.1 Å². The number of pyridine rings is 1. The van der Waals surface area contributed by atoms with Crippen LogP contribution < -0.4 is 10.1 Å². The summed E-state index contributed by atoms with van der Waals surface area (Å²) in [6, 6.07) is 14.0. The third-order valence-corrected chi connectivity index (χ3v) is 7.00. The lowest BCUT2D eigenvalue weighted by molar-refractivity contribution is -0.128. The van der Waals surface area contributed by atoms with E-state index in [0.717, 1.165) is 55.3 Å². The number of benzene rings is 1. The van der Waals surface area contributed by atoms with E-state index in [1.165, 1.54) is 11.8 Å². The number of aromatic nitrogens is 1. The fraction of sp³-hybridized carbons (Fsp3) is 0.444. The molecule has 1 aromatic carbocycles. The molecule has 168 valence electrons. The average Bonchev–Trinajstić information content (AvgIpc) is 3.60. The molecule has 0 aliphatic heterocycles. The second kappa shape index (κ2) is 9.68. The summed E-state index contributed by atoms with van der Waals surface area (Å²) in [5.74, 6) is 0.852. The summed E-state index contributed by atoms with van der Waals surface area (Å²) in [6.45, 7) is 2.00. The molecule has 2 aliphatic carbocycles. The Kier molecular flexibility index (Phi) is 6.73. The maximum atomic E-state index is 13.4. The summed E-state index contributed by atoms with van der Waals surface area (Å²) in [4.78, 5) is 18.1. The second-order valence-corrected chi connectivity index (χ2v) is 9.25. The monoisotopic (exact) mass is 431 g/mol. The van der Waals surface area contributed by atoms with E-state index in [4.69, 9.17) is 10.1 Å². The lowest BCUT2D eigenvalue weighted by Gasteiger charge is -2.27. The molecule has 5 nitrogen and oxygen atoms in total. The Hall–Kier alpha value is -2.95. The molecule has 2 N–H and O–H groups in total. The van der Waals surface area contributed by atoms with Crippen LogP contribution in [-0.2, 0) is 11.2 Å². The third-order valence-electron chi connectivity index (χ3n) is 7.00. The number of carbonyl (C=O) groups is 1. The fourth-order valence-corrected chi connectivity index (χ4v) is 5.08. The number of nitrogens with zero attached hydrogens (tertiary/aromatic N) is 1. The molecule has 1 spiro atoms. The Morgan fingerprint density at radius 1 is 1.28 bits per heavy atom. The number of hydrogen-bond acceptors (Lipinski definition) is 4. The zero-order valence-corrected chi connectivity index (χ0v) is 19.1. The Balaban J connectivity index is 1.45. The van der Waals surface area contributed by atoms with Gasteiger partial charge in [0.2, 0.25) is 11.8 Å². The van der Waals surface area contributed by atoms with E-state index in [-0.39, 0.29) is 23.3 Å². The van der Waals surface area contributed by atoms with Gasteiger partial charge < -0.3 is 15.5 Å². The van der Waals surface area contributed by atoms with Gasteiger partial charge in [-0.15, -0.1) is 0 Å². The average molecular weight is 432 g/mol. The molecule has 4 rings (SSSR count). The van der Waals surface area contributed by atoms with Crippen LogP contribution in [0.15, 0.2) is 54.1 Å². The van der Waals surface area contributed by atoms with Gasteiger partial charge >= 0.3 is 0 Å². The van der Waals surface area contributed by atoms with Gasteiger partial charge in [0.15, 0.2) is 0 Å². The molecule has 2 unspecified atom stereocenters. The van der Waals surface area contributed by atoms with E-state index >= 15 is 0 Å². The fourth-order valence-electron chi connectivity index (χ4n) is 5.08. The van der Waals surface area contributed by atoms with Crippen molar-refractivity contribution in [1.82, 2.24) is 10.3 Å². The summed E-state index contributed by atoms with van der Waals surface area (Å²) in [6.07, 6.45) is 10.0. The van der Waals surface area contributed by atoms with E-state index < -0.39 is 0 Å². The largest absolute Gasteiger partial charge is 0.481 e. The maximum Gasteiger partial charge on any atom is 0.224 e. The van der Waals surface area contributed by atoms with Crippen molar-refractivity contribution in [3.8, 4) is 5.88 Å². The summed E-state index contributed by atoms with van der Waals surface area (Å²) >= 11 is 0. The first kappa shape index (κ1) is 22.3. The molecule has 1 amide bonds. The number of methoxy groups -OCH3 is 1. The number of amides is 1. The maximum absolute atomic E-state index is 13.4. The lowest BCUT2D eigenvalue weighted by atomic mass is 9.81. The molecule has 0 bridgehead atoms. The highest BCUT2D eigenvalue weighted by atomic mass is 16.5. The highest BCUT2D eigenvalue weighted by Gasteiger charge is 2.52. The van der Waals surface area contributed by atoms with Crippen molar-refractivity contribution in [2.24, 2.45) is 11.3 Å². The predicted octanol–water partition coefficient (Wildman–Crippen LogP) is 5.34. The number of allylic oxidation sites excluding steroid dienone is 2. The van der Waals surface area contributed by atoms with Crippen LogP contribution in [-0.4, -0.2) is 24.2 Å². The molecule has 5 heteroatoms. The zero-order valence-electron chi connectivity index (χ0n) is 19.1. The first-order valence-electron chi connectivity index (χ1n) is 11.6. The number of ether oxygens (including phenoxy) is 1. The molecule has 1 fully saturated rings. The van der Waals surface area contributed by atoms with Crippen LogP contribution in [0.4, 0.5) is 0 Å². The smallest absolute Gasteiger partial charge is 0.224 e. The van der Waals surface area contributed by atoms with Gasteiger partial charge in [-0.3, -0.25) is 4.79 Å². The lowest BCUT2D eigenvalue weighted by Crippen LogP contribution is -2.38. The topological polar surface area (TPSA) is 75.1 Å². The third kappa shape index (κ3) is 4.93. The van der Waals surface area contributed by atoms with Crippen LogP contribution in [0, 0.1) is 23.7 Å². The van der Waals surface area contributed by atoms with Crippen LogP contribution in [0.3, 0.4) is 0 Å². The molecular weight excluding hydrogens is 398 g/mol. The number of carbonyl (C=O) groups excluding carboxylic acids is 1. The van der Waals surface area contributed by atoms with Crippen LogP contribution in [0.5, 0.6) is 5.88 Å². The Bertz CT molecular complexity index is 995. The number of nitrogens with one attached hydrogen (secondary N) is 2. The SMILES string of the molecule is COc1nc(CC2=CCCC(C(=O)NC(CC=N)c3ccccc3)C3(CC3)C2)ccc1C. The molecule has 2 atom stereocenters. The standard InChI is InChI=1S/C27H33N3O2/c1-19-11-12-22(29-26(19)32-2)17-20-7-6-10-23(27(18-20)14-15-27)25(31)30-24(13-16-28)21-8-4-3-5-9-21/h3-5,7-9,11-12,16,23-24,28H,6,10,13-15,17-18H2,1-2H3,(H,30,31). The van der Waals surface area contributed by atoms with E-state index in [0.29, 0.717) is 12.3 Å². The molecule has 2 aliphatic rings. The number of rotatable bonds is 8. The minimum Gasteiger partial charge on any atom is -0.481 e. The Morgan fingerprint density at radius 2 is 2.06 bits per heavy atom. The van der Waals surface area contributed by atoms with Gasteiger partial charge in [0, 0.05) is 30.0 Å². The van der Waals surface area contributed by atoms with Crippen LogP contribution in [0.25, 0.3) is 0 Å². The molecular formula is C27H33N3O2. The minimum atomic E-state index is -0.142. The molecule has 1 saturated carbocycles. The van der Waals surface area contributed by atoms with Gasteiger partial charge in [0.05, 0.1) is 13.2 Å². The first-order chi connectivity index (χ1) is 15.5. The number of hydrogen-bond donors (Lipinski definition) is 2. The first-order valence-corrected chi connectivity index (χ1v) is 11.6. The molecule has 32 heavy (non-hydrogen) atoms. The highest BCUT2D eigenvalue weighted by molar-refractivity contribution is 5.81. The summed E-state index contributed by atoms with van der Waals surface area (Å²) in [7, 11) is 1.66. The van der Waals surface area contributed by atoms with E-state index in [1.54, 1.807) is 7.11 Å².